The van der Waals surface area contributed by atoms with E-state index in [1.165, 1.54) is 5.39 Å². The zero-order valence-electron chi connectivity index (χ0n) is 7.83. The van der Waals surface area contributed by atoms with Crippen LogP contribution in [0.1, 0.15) is 0 Å². The third-order valence-electron chi connectivity index (χ3n) is 2.08. The molecule has 70 valence electrons. The Labute approximate surface area is 83.0 Å². The molecule has 14 heavy (non-hydrogen) atoms. The van der Waals surface area contributed by atoms with Crippen molar-refractivity contribution in [3.05, 3.63) is 54.9 Å². The lowest BCUT2D eigenvalue weighted by molar-refractivity contribution is 1.34. The van der Waals surface area contributed by atoms with E-state index < -0.39 is 0 Å². The van der Waals surface area contributed by atoms with E-state index in [4.69, 9.17) is 5.73 Å². The van der Waals surface area contributed by atoms with Crippen molar-refractivity contribution in [2.24, 2.45) is 5.73 Å². The van der Waals surface area contributed by atoms with Crippen LogP contribution in [0.25, 0.3) is 10.8 Å². The molecule has 0 aromatic heterocycles. The summed E-state index contributed by atoms with van der Waals surface area (Å²) in [4.78, 5) is 0. The Morgan fingerprint density at radius 2 is 1.79 bits per heavy atom. The second-order valence-electron chi connectivity index (χ2n) is 3.18. The van der Waals surface area contributed by atoms with E-state index >= 15 is 0 Å². The smallest absolute Gasteiger partial charge is 0.0930 e. The van der Waals surface area contributed by atoms with E-state index in [-0.39, 0.29) is 0 Å². The lowest BCUT2D eigenvalue weighted by Crippen LogP contribution is -2.06. The van der Waals surface area contributed by atoms with Gasteiger partial charge in [0.15, 0.2) is 0 Å². The average Bonchev–Trinajstić information content (AvgIpc) is 2.18. The molecule has 2 heteroatoms. The highest BCUT2D eigenvalue weighted by atomic mass is 15.0. The van der Waals surface area contributed by atoms with Crippen molar-refractivity contribution < 1.29 is 0 Å². The van der Waals surface area contributed by atoms with Gasteiger partial charge in [-0.15, -0.1) is 0 Å². The highest BCUT2D eigenvalue weighted by Gasteiger charge is 1.98. The van der Waals surface area contributed by atoms with Crippen molar-refractivity contribution in [1.29, 1.82) is 0 Å². The standard InChI is InChI=1S/C12H12N2/c1-9(13)14-12-8-4-6-10-5-2-3-7-11(10)12/h2-8,14H,1,13H2. The summed E-state index contributed by atoms with van der Waals surface area (Å²) in [6.45, 7) is 3.62. The van der Waals surface area contributed by atoms with E-state index in [2.05, 4.69) is 30.1 Å². The maximum absolute atomic E-state index is 5.51. The van der Waals surface area contributed by atoms with E-state index in [0.29, 0.717) is 5.82 Å². The van der Waals surface area contributed by atoms with Crippen molar-refractivity contribution in [2.45, 2.75) is 0 Å². The molecule has 0 aliphatic carbocycles. The first-order chi connectivity index (χ1) is 6.77. The van der Waals surface area contributed by atoms with Crippen molar-refractivity contribution in [1.82, 2.24) is 0 Å². The molecule has 0 fully saturated rings. The van der Waals surface area contributed by atoms with E-state index in [1.54, 1.807) is 0 Å². The van der Waals surface area contributed by atoms with Gasteiger partial charge in [0.2, 0.25) is 0 Å². The Balaban J connectivity index is 2.59. The summed E-state index contributed by atoms with van der Waals surface area (Å²) >= 11 is 0. The van der Waals surface area contributed by atoms with Crippen LogP contribution in [-0.4, -0.2) is 0 Å². The first kappa shape index (κ1) is 8.63. The molecule has 2 nitrogen and oxygen atoms in total. The van der Waals surface area contributed by atoms with Gasteiger partial charge < -0.3 is 11.1 Å². The van der Waals surface area contributed by atoms with Gasteiger partial charge in [-0.1, -0.05) is 43.0 Å². The molecule has 0 radical (unpaired) electrons. The molecule has 0 aliphatic heterocycles. The minimum absolute atomic E-state index is 0.460. The Morgan fingerprint density at radius 1 is 1.07 bits per heavy atom. The van der Waals surface area contributed by atoms with Crippen LogP contribution in [0.2, 0.25) is 0 Å². The van der Waals surface area contributed by atoms with Crippen molar-refractivity contribution in [3.63, 3.8) is 0 Å². The fourth-order valence-corrected chi connectivity index (χ4v) is 1.51. The van der Waals surface area contributed by atoms with Crippen LogP contribution >= 0.6 is 0 Å². The third kappa shape index (κ3) is 1.55. The number of fused-ring (bicyclic) bond motifs is 1. The Bertz CT molecular complexity index is 469. The summed E-state index contributed by atoms with van der Waals surface area (Å²) in [6.07, 6.45) is 0. The van der Waals surface area contributed by atoms with Gasteiger partial charge in [-0.05, 0) is 11.5 Å². The Hall–Kier alpha value is -1.96. The van der Waals surface area contributed by atoms with Crippen molar-refractivity contribution >= 4 is 16.5 Å². The van der Waals surface area contributed by atoms with Gasteiger partial charge in [-0.25, -0.2) is 0 Å². The Kier molecular flexibility index (Phi) is 2.11. The topological polar surface area (TPSA) is 38.0 Å². The maximum Gasteiger partial charge on any atom is 0.0930 e. The molecule has 3 N–H and O–H groups in total. The van der Waals surface area contributed by atoms with Crippen molar-refractivity contribution in [2.75, 3.05) is 5.32 Å². The molecule has 2 aromatic carbocycles. The van der Waals surface area contributed by atoms with Gasteiger partial charge in [-0.2, -0.15) is 0 Å². The number of nitrogens with one attached hydrogen (secondary N) is 1. The van der Waals surface area contributed by atoms with Gasteiger partial charge in [0, 0.05) is 11.1 Å². The summed E-state index contributed by atoms with van der Waals surface area (Å²) in [7, 11) is 0. The number of hydrogen-bond donors (Lipinski definition) is 2. The SMILES string of the molecule is C=C(N)Nc1cccc2ccccc12. The summed E-state index contributed by atoms with van der Waals surface area (Å²) in [5.41, 5.74) is 6.51. The summed E-state index contributed by atoms with van der Waals surface area (Å²) in [5.74, 6) is 0.460. The van der Waals surface area contributed by atoms with Gasteiger partial charge in [0.1, 0.15) is 0 Å². The van der Waals surface area contributed by atoms with Crippen LogP contribution in [0.4, 0.5) is 5.69 Å². The van der Waals surface area contributed by atoms with Gasteiger partial charge in [0.25, 0.3) is 0 Å². The fourth-order valence-electron chi connectivity index (χ4n) is 1.51. The molecule has 2 rings (SSSR count). The number of hydrogen-bond acceptors (Lipinski definition) is 2. The zero-order valence-corrected chi connectivity index (χ0v) is 7.83. The second kappa shape index (κ2) is 3.42. The third-order valence-corrected chi connectivity index (χ3v) is 2.08. The van der Waals surface area contributed by atoms with Crippen LogP contribution in [-0.2, 0) is 0 Å². The largest absolute Gasteiger partial charge is 0.386 e. The highest BCUT2D eigenvalue weighted by Crippen LogP contribution is 2.23. The maximum atomic E-state index is 5.51. The van der Waals surface area contributed by atoms with E-state index in [0.717, 1.165) is 11.1 Å². The number of anilines is 1. The summed E-state index contributed by atoms with van der Waals surface area (Å²) in [5, 5.41) is 5.38. The molecule has 0 saturated heterocycles. The molecule has 0 heterocycles. The lowest BCUT2D eigenvalue weighted by atomic mass is 10.1. The molecule has 0 atom stereocenters. The molecule has 0 aliphatic rings. The Morgan fingerprint density at radius 3 is 2.57 bits per heavy atom. The number of nitrogens with two attached hydrogens (primary N) is 1. The number of benzene rings is 2. The highest BCUT2D eigenvalue weighted by molar-refractivity contribution is 5.94. The van der Waals surface area contributed by atoms with Crippen LogP contribution < -0.4 is 11.1 Å². The van der Waals surface area contributed by atoms with E-state index in [9.17, 15) is 0 Å². The molecule has 0 saturated carbocycles. The minimum atomic E-state index is 0.460. The summed E-state index contributed by atoms with van der Waals surface area (Å²) < 4.78 is 0. The normalized spacial score (nSPS) is 10.0. The van der Waals surface area contributed by atoms with Gasteiger partial charge >= 0.3 is 0 Å². The van der Waals surface area contributed by atoms with Crippen LogP contribution in [0, 0.1) is 0 Å². The predicted octanol–water partition coefficient (Wildman–Crippen LogP) is 2.68. The molecular formula is C12H12N2. The zero-order chi connectivity index (χ0) is 9.97. The monoisotopic (exact) mass is 184 g/mol. The lowest BCUT2D eigenvalue weighted by Gasteiger charge is -2.08. The molecule has 0 bridgehead atoms. The first-order valence-electron chi connectivity index (χ1n) is 4.46. The molecule has 0 amide bonds. The van der Waals surface area contributed by atoms with Crippen LogP contribution in [0.15, 0.2) is 54.9 Å². The summed E-state index contributed by atoms with van der Waals surface area (Å²) in [6, 6.07) is 14.2. The number of rotatable bonds is 2. The molecular weight excluding hydrogens is 172 g/mol. The fraction of sp³-hybridized carbons (Fsp3) is 0. The quantitative estimate of drug-likeness (QED) is 0.753. The molecule has 2 aromatic rings. The molecule has 0 spiro atoms. The predicted molar refractivity (Wildman–Crippen MR) is 60.9 cm³/mol. The van der Waals surface area contributed by atoms with E-state index in [1.807, 2.05) is 24.3 Å². The van der Waals surface area contributed by atoms with Crippen LogP contribution in [0.3, 0.4) is 0 Å². The molecule has 0 unspecified atom stereocenters. The first-order valence-corrected chi connectivity index (χ1v) is 4.46. The van der Waals surface area contributed by atoms with Crippen molar-refractivity contribution in [3.8, 4) is 0 Å². The second-order valence-corrected chi connectivity index (χ2v) is 3.18. The minimum Gasteiger partial charge on any atom is -0.386 e. The van der Waals surface area contributed by atoms with Gasteiger partial charge in [-0.3, -0.25) is 0 Å². The van der Waals surface area contributed by atoms with Gasteiger partial charge in [0.05, 0.1) is 5.82 Å². The average molecular weight is 184 g/mol. The van der Waals surface area contributed by atoms with Crippen LogP contribution in [0.5, 0.6) is 0 Å².